The van der Waals surface area contributed by atoms with E-state index in [2.05, 4.69) is 10.2 Å². The quantitative estimate of drug-likeness (QED) is 0.586. The zero-order valence-corrected chi connectivity index (χ0v) is 17.3. The molecular weight excluding hydrogens is 362 g/mol. The number of anilines is 2. The van der Waals surface area contributed by atoms with E-state index in [1.165, 1.54) is 19.3 Å². The molecule has 29 heavy (non-hydrogen) atoms. The summed E-state index contributed by atoms with van der Waals surface area (Å²) in [4.78, 5) is 15.0. The minimum absolute atomic E-state index is 0.0361. The van der Waals surface area contributed by atoms with Crippen molar-refractivity contribution < 1.29 is 9.53 Å². The highest BCUT2D eigenvalue weighted by atomic mass is 16.5. The Bertz CT molecular complexity index is 967. The van der Waals surface area contributed by atoms with Gasteiger partial charge in [-0.05, 0) is 62.9 Å². The molecule has 0 unspecified atom stereocenters. The first-order valence-electron chi connectivity index (χ1n) is 9.95. The summed E-state index contributed by atoms with van der Waals surface area (Å²) in [5.41, 5.74) is 4.63. The van der Waals surface area contributed by atoms with Crippen LogP contribution in [0.2, 0.25) is 0 Å². The average Bonchev–Trinajstić information content (AvgIpc) is 2.74. The molecule has 0 spiro atoms. The van der Waals surface area contributed by atoms with Crippen LogP contribution < -0.4 is 15.0 Å². The maximum absolute atomic E-state index is 12.6. The molecule has 1 amide bonds. The lowest BCUT2D eigenvalue weighted by atomic mass is 10.1. The van der Waals surface area contributed by atoms with Crippen LogP contribution in [-0.4, -0.2) is 26.1 Å². The molecule has 1 heterocycles. The Morgan fingerprint density at radius 3 is 2.55 bits per heavy atom. The van der Waals surface area contributed by atoms with Gasteiger partial charge in [0.25, 0.3) is 5.91 Å². The summed E-state index contributed by atoms with van der Waals surface area (Å²) in [5.74, 6) is 0.224. The standard InChI is InChI=1S/C24H27N3O2/c1-17-7-10-22(18(2)13-17)26-24(28)20(16-25)14-19-8-9-21(15-23(19)29-3)27-11-5-4-6-12-27/h7-10,13-15H,4-6,11-12H2,1-3H3,(H,26,28)/b20-14-. The lowest BCUT2D eigenvalue weighted by molar-refractivity contribution is -0.112. The molecule has 3 rings (SSSR count). The molecular formula is C24H27N3O2. The second kappa shape index (κ2) is 9.29. The molecule has 0 radical (unpaired) electrons. The van der Waals surface area contributed by atoms with Crippen molar-refractivity contribution in [3.8, 4) is 11.8 Å². The molecule has 0 saturated carbocycles. The third-order valence-electron chi connectivity index (χ3n) is 5.23. The van der Waals surface area contributed by atoms with E-state index < -0.39 is 5.91 Å². The first-order valence-corrected chi connectivity index (χ1v) is 9.95. The van der Waals surface area contributed by atoms with Crippen LogP contribution in [0, 0.1) is 25.2 Å². The van der Waals surface area contributed by atoms with Gasteiger partial charge in [-0.3, -0.25) is 4.79 Å². The van der Waals surface area contributed by atoms with Gasteiger partial charge in [-0.1, -0.05) is 17.7 Å². The van der Waals surface area contributed by atoms with Gasteiger partial charge in [-0.25, -0.2) is 0 Å². The number of nitrogens with one attached hydrogen (secondary N) is 1. The number of hydrogen-bond donors (Lipinski definition) is 1. The van der Waals surface area contributed by atoms with Crippen molar-refractivity contribution in [2.75, 3.05) is 30.4 Å². The maximum Gasteiger partial charge on any atom is 0.266 e. The van der Waals surface area contributed by atoms with Gasteiger partial charge >= 0.3 is 0 Å². The summed E-state index contributed by atoms with van der Waals surface area (Å²) < 4.78 is 5.54. The number of ether oxygens (including phenoxy) is 1. The smallest absolute Gasteiger partial charge is 0.266 e. The van der Waals surface area contributed by atoms with Gasteiger partial charge < -0.3 is 15.0 Å². The Kier molecular flexibility index (Phi) is 6.56. The summed E-state index contributed by atoms with van der Waals surface area (Å²) in [6.07, 6.45) is 5.25. The average molecular weight is 389 g/mol. The van der Waals surface area contributed by atoms with Crippen LogP contribution in [0.25, 0.3) is 6.08 Å². The molecule has 1 aliphatic rings. The first-order chi connectivity index (χ1) is 14.0. The number of benzene rings is 2. The molecule has 150 valence electrons. The maximum atomic E-state index is 12.6. The van der Waals surface area contributed by atoms with Crippen LogP contribution >= 0.6 is 0 Å². The van der Waals surface area contributed by atoms with Crippen molar-refractivity contribution >= 4 is 23.4 Å². The third kappa shape index (κ3) is 4.97. The highest BCUT2D eigenvalue weighted by molar-refractivity contribution is 6.10. The molecule has 5 heteroatoms. The summed E-state index contributed by atoms with van der Waals surface area (Å²) in [6, 6.07) is 13.7. The molecule has 2 aromatic rings. The zero-order valence-electron chi connectivity index (χ0n) is 17.3. The molecule has 1 fully saturated rings. The SMILES string of the molecule is COc1cc(N2CCCCC2)ccc1/C=C(/C#N)C(=O)Nc1ccc(C)cc1C. The molecule has 0 aromatic heterocycles. The van der Waals surface area contributed by atoms with Gasteiger partial charge in [0.1, 0.15) is 17.4 Å². The number of methoxy groups -OCH3 is 1. The first kappa shape index (κ1) is 20.5. The topological polar surface area (TPSA) is 65.4 Å². The molecule has 2 aromatic carbocycles. The monoisotopic (exact) mass is 389 g/mol. The fourth-order valence-electron chi connectivity index (χ4n) is 3.62. The Hall–Kier alpha value is -3.26. The van der Waals surface area contributed by atoms with E-state index in [1.54, 1.807) is 13.2 Å². The molecule has 0 aliphatic carbocycles. The van der Waals surface area contributed by atoms with Crippen molar-refractivity contribution in [2.24, 2.45) is 0 Å². The fourth-order valence-corrected chi connectivity index (χ4v) is 3.62. The number of aryl methyl sites for hydroxylation is 2. The van der Waals surface area contributed by atoms with Gasteiger partial charge in [-0.2, -0.15) is 5.26 Å². The number of nitrogens with zero attached hydrogens (tertiary/aromatic N) is 2. The molecule has 0 bridgehead atoms. The summed E-state index contributed by atoms with van der Waals surface area (Å²) in [7, 11) is 1.61. The van der Waals surface area contributed by atoms with Crippen LogP contribution in [0.3, 0.4) is 0 Å². The highest BCUT2D eigenvalue weighted by Gasteiger charge is 2.15. The van der Waals surface area contributed by atoms with Crippen LogP contribution in [0.4, 0.5) is 11.4 Å². The van der Waals surface area contributed by atoms with Crippen molar-refractivity contribution in [3.05, 3.63) is 58.7 Å². The van der Waals surface area contributed by atoms with E-state index in [-0.39, 0.29) is 5.57 Å². The van der Waals surface area contributed by atoms with E-state index >= 15 is 0 Å². The van der Waals surface area contributed by atoms with Crippen LogP contribution in [-0.2, 0) is 4.79 Å². The number of carbonyl (C=O) groups excluding carboxylic acids is 1. The Morgan fingerprint density at radius 1 is 1.14 bits per heavy atom. The van der Waals surface area contributed by atoms with E-state index in [1.807, 2.05) is 56.3 Å². The van der Waals surface area contributed by atoms with Gasteiger partial charge in [0.05, 0.1) is 7.11 Å². The minimum Gasteiger partial charge on any atom is -0.496 e. The largest absolute Gasteiger partial charge is 0.496 e. The van der Waals surface area contributed by atoms with Crippen LogP contribution in [0.5, 0.6) is 5.75 Å². The highest BCUT2D eigenvalue weighted by Crippen LogP contribution is 2.29. The second-order valence-electron chi connectivity index (χ2n) is 7.42. The van der Waals surface area contributed by atoms with Crippen LogP contribution in [0.1, 0.15) is 36.0 Å². The Morgan fingerprint density at radius 2 is 1.90 bits per heavy atom. The van der Waals surface area contributed by atoms with Gasteiger partial charge in [-0.15, -0.1) is 0 Å². The molecule has 1 aliphatic heterocycles. The number of carbonyl (C=O) groups is 1. The molecule has 5 nitrogen and oxygen atoms in total. The van der Waals surface area contributed by atoms with Gasteiger partial charge in [0.2, 0.25) is 0 Å². The van der Waals surface area contributed by atoms with Crippen molar-refractivity contribution in [1.29, 1.82) is 5.26 Å². The normalized spacial score (nSPS) is 14.3. The number of amides is 1. The Balaban J connectivity index is 1.83. The Labute approximate surface area is 172 Å². The molecule has 0 atom stereocenters. The van der Waals surface area contributed by atoms with Gasteiger partial charge in [0.15, 0.2) is 0 Å². The fraction of sp³-hybridized carbons (Fsp3) is 0.333. The van der Waals surface area contributed by atoms with Crippen molar-refractivity contribution in [3.63, 3.8) is 0 Å². The number of nitriles is 1. The predicted octanol–water partition coefficient (Wildman–Crippen LogP) is 4.85. The number of hydrogen-bond acceptors (Lipinski definition) is 4. The van der Waals surface area contributed by atoms with E-state index in [0.717, 1.165) is 29.9 Å². The van der Waals surface area contributed by atoms with E-state index in [0.29, 0.717) is 17.0 Å². The number of piperidine rings is 1. The van der Waals surface area contributed by atoms with Crippen molar-refractivity contribution in [2.45, 2.75) is 33.1 Å². The molecule has 1 saturated heterocycles. The summed E-state index contributed by atoms with van der Waals surface area (Å²) >= 11 is 0. The zero-order chi connectivity index (χ0) is 20.8. The summed E-state index contributed by atoms with van der Waals surface area (Å²) in [6.45, 7) is 6.01. The molecule has 1 N–H and O–H groups in total. The predicted molar refractivity (Wildman–Crippen MR) is 117 cm³/mol. The van der Waals surface area contributed by atoms with Gasteiger partial charge in [0, 0.05) is 36.1 Å². The van der Waals surface area contributed by atoms with E-state index in [9.17, 15) is 10.1 Å². The third-order valence-corrected chi connectivity index (χ3v) is 5.23. The summed E-state index contributed by atoms with van der Waals surface area (Å²) in [5, 5.41) is 12.4. The number of rotatable bonds is 5. The van der Waals surface area contributed by atoms with Crippen LogP contribution in [0.15, 0.2) is 42.0 Å². The van der Waals surface area contributed by atoms with Crippen molar-refractivity contribution in [1.82, 2.24) is 0 Å². The minimum atomic E-state index is -0.429. The lowest BCUT2D eigenvalue weighted by Crippen LogP contribution is -2.29. The lowest BCUT2D eigenvalue weighted by Gasteiger charge is -2.29. The van der Waals surface area contributed by atoms with E-state index in [4.69, 9.17) is 4.74 Å². The second-order valence-corrected chi connectivity index (χ2v) is 7.42.